The molecule has 0 spiro atoms. The summed E-state index contributed by atoms with van der Waals surface area (Å²) in [5.74, 6) is 5.89. The number of rotatable bonds is 4. The largest absolute Gasteiger partial charge is 0.472 e. The smallest absolute Gasteiger partial charge is 0.206 e. The van der Waals surface area contributed by atoms with Crippen LogP contribution in [0, 0.1) is 0 Å². The molecule has 0 aromatic carbocycles. The van der Waals surface area contributed by atoms with Gasteiger partial charge in [-0.05, 0) is 12.5 Å². The van der Waals surface area contributed by atoms with E-state index in [4.69, 9.17) is 10.3 Å². The molecule has 4 N–H and O–H groups in total. The molecule has 0 unspecified atom stereocenters. The first kappa shape index (κ1) is 10.6. The maximum absolute atomic E-state index is 5.29. The molecule has 0 bridgehead atoms. The molecule has 0 amide bonds. The van der Waals surface area contributed by atoms with E-state index in [2.05, 4.69) is 22.7 Å². The van der Waals surface area contributed by atoms with Crippen LogP contribution in [0.25, 0.3) is 0 Å². The highest BCUT2D eigenvalue weighted by molar-refractivity contribution is 5.79. The van der Waals surface area contributed by atoms with Gasteiger partial charge in [-0.25, -0.2) is 10.8 Å². The lowest BCUT2D eigenvalue weighted by Crippen LogP contribution is -2.41. The fourth-order valence-electron chi connectivity index (χ4n) is 0.949. The number of hydrogen-bond acceptors (Lipinski definition) is 3. The van der Waals surface area contributed by atoms with Crippen molar-refractivity contribution in [3.8, 4) is 0 Å². The Morgan fingerprint density at radius 2 is 2.50 bits per heavy atom. The standard InChI is InChI=1S/C9H16N4O/c1-2-4-11-9(13-10)12-6-8-3-5-14-7-8/h3,5,7H,2,4,6,10H2,1H3,(H2,11,12,13). The second kappa shape index (κ2) is 6.04. The molecule has 0 atom stereocenters. The fraction of sp³-hybridized carbons (Fsp3) is 0.444. The third-order valence-corrected chi connectivity index (χ3v) is 1.68. The highest BCUT2D eigenvalue weighted by Crippen LogP contribution is 2.00. The van der Waals surface area contributed by atoms with Crippen molar-refractivity contribution in [2.24, 2.45) is 10.8 Å². The maximum Gasteiger partial charge on any atom is 0.206 e. The van der Waals surface area contributed by atoms with E-state index in [1.54, 1.807) is 12.5 Å². The molecule has 0 aliphatic carbocycles. The minimum atomic E-state index is 0.562. The van der Waals surface area contributed by atoms with Crippen molar-refractivity contribution in [3.63, 3.8) is 0 Å². The minimum absolute atomic E-state index is 0.562. The van der Waals surface area contributed by atoms with Crippen molar-refractivity contribution in [2.75, 3.05) is 6.54 Å². The van der Waals surface area contributed by atoms with Gasteiger partial charge in [0, 0.05) is 12.1 Å². The van der Waals surface area contributed by atoms with E-state index in [0.29, 0.717) is 12.5 Å². The maximum atomic E-state index is 5.29. The number of nitrogens with two attached hydrogens (primary N) is 1. The zero-order valence-corrected chi connectivity index (χ0v) is 8.29. The van der Waals surface area contributed by atoms with Crippen LogP contribution in [0.3, 0.4) is 0 Å². The van der Waals surface area contributed by atoms with E-state index in [0.717, 1.165) is 18.5 Å². The quantitative estimate of drug-likeness (QED) is 0.285. The number of guanidine groups is 1. The van der Waals surface area contributed by atoms with Gasteiger partial charge in [0.2, 0.25) is 5.96 Å². The second-order valence-electron chi connectivity index (χ2n) is 2.87. The van der Waals surface area contributed by atoms with E-state index in [-0.39, 0.29) is 0 Å². The lowest BCUT2D eigenvalue weighted by atomic mass is 10.3. The van der Waals surface area contributed by atoms with Crippen LogP contribution in [0.2, 0.25) is 0 Å². The lowest BCUT2D eigenvalue weighted by Gasteiger charge is -2.06. The van der Waals surface area contributed by atoms with E-state index >= 15 is 0 Å². The summed E-state index contributed by atoms with van der Waals surface area (Å²) in [6, 6.07) is 1.87. The van der Waals surface area contributed by atoms with Crippen molar-refractivity contribution in [3.05, 3.63) is 24.2 Å². The summed E-state index contributed by atoms with van der Waals surface area (Å²) >= 11 is 0. The SMILES string of the molecule is CCCNC(=NCc1ccoc1)NN. The first-order valence-electron chi connectivity index (χ1n) is 4.62. The van der Waals surface area contributed by atoms with Crippen LogP contribution in [0.15, 0.2) is 28.0 Å². The Balaban J connectivity index is 2.39. The summed E-state index contributed by atoms with van der Waals surface area (Å²) in [6.07, 6.45) is 4.32. The topological polar surface area (TPSA) is 75.6 Å². The molecule has 78 valence electrons. The molecule has 0 aliphatic heterocycles. The van der Waals surface area contributed by atoms with Gasteiger partial charge < -0.3 is 9.73 Å². The molecular weight excluding hydrogens is 180 g/mol. The predicted molar refractivity (Wildman–Crippen MR) is 55.5 cm³/mol. The van der Waals surface area contributed by atoms with Gasteiger partial charge in [-0.15, -0.1) is 0 Å². The van der Waals surface area contributed by atoms with Crippen molar-refractivity contribution < 1.29 is 4.42 Å². The summed E-state index contributed by atoms with van der Waals surface area (Å²) in [4.78, 5) is 4.23. The highest BCUT2D eigenvalue weighted by Gasteiger charge is 1.95. The normalized spacial score (nSPS) is 11.4. The summed E-state index contributed by atoms with van der Waals surface area (Å²) in [5, 5.41) is 3.06. The number of nitrogens with zero attached hydrogens (tertiary/aromatic N) is 1. The second-order valence-corrected chi connectivity index (χ2v) is 2.87. The van der Waals surface area contributed by atoms with Crippen LogP contribution >= 0.6 is 0 Å². The zero-order valence-electron chi connectivity index (χ0n) is 8.29. The van der Waals surface area contributed by atoms with Gasteiger partial charge in [0.05, 0.1) is 19.1 Å². The van der Waals surface area contributed by atoms with Gasteiger partial charge in [-0.1, -0.05) is 6.92 Å². The van der Waals surface area contributed by atoms with Gasteiger partial charge in [-0.2, -0.15) is 0 Å². The third-order valence-electron chi connectivity index (χ3n) is 1.68. The van der Waals surface area contributed by atoms with E-state index in [9.17, 15) is 0 Å². The first-order valence-corrected chi connectivity index (χ1v) is 4.62. The van der Waals surface area contributed by atoms with Crippen molar-refractivity contribution in [1.29, 1.82) is 0 Å². The number of nitrogens with one attached hydrogen (secondary N) is 2. The summed E-state index contributed by atoms with van der Waals surface area (Å²) in [7, 11) is 0. The van der Waals surface area contributed by atoms with Crippen LogP contribution in [0.4, 0.5) is 0 Å². The van der Waals surface area contributed by atoms with Crippen LogP contribution in [-0.2, 0) is 6.54 Å². The highest BCUT2D eigenvalue weighted by atomic mass is 16.3. The molecule has 1 rings (SSSR count). The molecule has 0 aliphatic rings. The lowest BCUT2D eigenvalue weighted by molar-refractivity contribution is 0.564. The van der Waals surface area contributed by atoms with E-state index in [1.807, 2.05) is 6.07 Å². The average molecular weight is 196 g/mol. The minimum Gasteiger partial charge on any atom is -0.472 e. The van der Waals surface area contributed by atoms with Crippen molar-refractivity contribution in [1.82, 2.24) is 10.7 Å². The van der Waals surface area contributed by atoms with E-state index in [1.165, 1.54) is 0 Å². The predicted octanol–water partition coefficient (Wildman–Crippen LogP) is 0.599. The number of furan rings is 1. The Hall–Kier alpha value is -1.49. The molecule has 0 saturated heterocycles. The zero-order chi connectivity index (χ0) is 10.2. The molecule has 0 radical (unpaired) electrons. The van der Waals surface area contributed by atoms with Crippen LogP contribution in [0.1, 0.15) is 18.9 Å². The number of aliphatic imine (C=N–C) groups is 1. The first-order chi connectivity index (χ1) is 6.86. The van der Waals surface area contributed by atoms with Crippen molar-refractivity contribution in [2.45, 2.75) is 19.9 Å². The molecule has 14 heavy (non-hydrogen) atoms. The van der Waals surface area contributed by atoms with Gasteiger partial charge in [0.1, 0.15) is 0 Å². The Kier molecular flexibility index (Phi) is 4.57. The molecular formula is C9H16N4O. The van der Waals surface area contributed by atoms with E-state index < -0.39 is 0 Å². The molecule has 5 heteroatoms. The number of hydrogen-bond donors (Lipinski definition) is 3. The Morgan fingerprint density at radius 3 is 3.07 bits per heavy atom. The summed E-state index contributed by atoms with van der Waals surface area (Å²) < 4.78 is 4.92. The molecule has 1 heterocycles. The monoisotopic (exact) mass is 196 g/mol. The molecule has 0 fully saturated rings. The van der Waals surface area contributed by atoms with Crippen LogP contribution < -0.4 is 16.6 Å². The molecule has 5 nitrogen and oxygen atoms in total. The van der Waals surface area contributed by atoms with Crippen LogP contribution in [0.5, 0.6) is 0 Å². The fourth-order valence-corrected chi connectivity index (χ4v) is 0.949. The van der Waals surface area contributed by atoms with Gasteiger partial charge in [0.15, 0.2) is 0 Å². The summed E-state index contributed by atoms with van der Waals surface area (Å²) in [6.45, 7) is 3.50. The molecule has 1 aromatic heterocycles. The van der Waals surface area contributed by atoms with Gasteiger partial charge in [-0.3, -0.25) is 5.43 Å². The van der Waals surface area contributed by atoms with Gasteiger partial charge >= 0.3 is 0 Å². The average Bonchev–Trinajstić information content (AvgIpc) is 2.71. The third kappa shape index (κ3) is 3.49. The van der Waals surface area contributed by atoms with Gasteiger partial charge in [0.25, 0.3) is 0 Å². The Labute approximate surface area is 83.4 Å². The molecule has 1 aromatic rings. The van der Waals surface area contributed by atoms with Crippen LogP contribution in [-0.4, -0.2) is 12.5 Å². The van der Waals surface area contributed by atoms with Crippen molar-refractivity contribution >= 4 is 5.96 Å². The Bertz CT molecular complexity index is 268. The Morgan fingerprint density at radius 1 is 1.64 bits per heavy atom. The number of hydrazine groups is 1. The molecule has 0 saturated carbocycles. The summed E-state index contributed by atoms with van der Waals surface area (Å²) in [5.41, 5.74) is 3.53.